The van der Waals surface area contributed by atoms with E-state index in [0.29, 0.717) is 0 Å². The number of aromatic nitrogens is 1. The molecule has 0 saturated carbocycles. The van der Waals surface area contributed by atoms with Gasteiger partial charge in [0.15, 0.2) is 5.13 Å². The predicted molar refractivity (Wildman–Crippen MR) is 63.8 cm³/mol. The molecule has 1 heterocycles. The maximum absolute atomic E-state index is 4.41. The molecule has 74 valence electrons. The van der Waals surface area contributed by atoms with E-state index in [-0.39, 0.29) is 7.43 Å². The average Bonchev–Trinajstić information content (AvgIpc) is 2.67. The van der Waals surface area contributed by atoms with Crippen molar-refractivity contribution >= 4 is 16.5 Å². The molecular formula is C11H14N2S. The minimum Gasteiger partial charge on any atom is -0.365 e. The third kappa shape index (κ3) is 2.12. The Morgan fingerprint density at radius 3 is 2.50 bits per heavy atom. The Bertz CT molecular complexity index is 381. The molecule has 2 rings (SSSR count). The van der Waals surface area contributed by atoms with Crippen LogP contribution in [0.2, 0.25) is 0 Å². The lowest BCUT2D eigenvalue weighted by Gasteiger charge is -1.93. The van der Waals surface area contributed by atoms with Crippen LogP contribution in [0.15, 0.2) is 35.7 Å². The fourth-order valence-corrected chi connectivity index (χ4v) is 1.81. The van der Waals surface area contributed by atoms with Gasteiger partial charge in [-0.1, -0.05) is 37.8 Å². The Labute approximate surface area is 88.6 Å². The van der Waals surface area contributed by atoms with Crippen molar-refractivity contribution in [3.8, 4) is 11.3 Å². The van der Waals surface area contributed by atoms with Crippen LogP contribution in [0.3, 0.4) is 0 Å². The maximum atomic E-state index is 4.41. The van der Waals surface area contributed by atoms with Gasteiger partial charge in [-0.05, 0) is 0 Å². The molecule has 0 saturated heterocycles. The van der Waals surface area contributed by atoms with E-state index in [4.69, 9.17) is 0 Å². The Kier molecular flexibility index (Phi) is 3.65. The summed E-state index contributed by atoms with van der Waals surface area (Å²) in [6.07, 6.45) is 0. The average molecular weight is 206 g/mol. The molecule has 2 nitrogen and oxygen atoms in total. The molecule has 0 aliphatic rings. The summed E-state index contributed by atoms with van der Waals surface area (Å²) in [4.78, 5) is 4.41. The molecule has 0 atom stereocenters. The molecule has 0 bridgehead atoms. The van der Waals surface area contributed by atoms with E-state index in [0.717, 1.165) is 10.8 Å². The van der Waals surface area contributed by atoms with Crippen molar-refractivity contribution in [3.63, 3.8) is 0 Å². The molecule has 0 aliphatic heterocycles. The number of thiazole rings is 1. The first-order chi connectivity index (χ1) is 6.40. The zero-order valence-corrected chi connectivity index (χ0v) is 8.14. The normalized spacial score (nSPS) is 9.21. The first-order valence-electron chi connectivity index (χ1n) is 4.09. The fourth-order valence-electron chi connectivity index (χ4n) is 1.13. The largest absolute Gasteiger partial charge is 0.365 e. The minimum atomic E-state index is 0. The van der Waals surface area contributed by atoms with E-state index in [9.17, 15) is 0 Å². The first-order valence-corrected chi connectivity index (χ1v) is 4.97. The highest BCUT2D eigenvalue weighted by molar-refractivity contribution is 7.14. The summed E-state index contributed by atoms with van der Waals surface area (Å²) in [6.45, 7) is 0. The summed E-state index contributed by atoms with van der Waals surface area (Å²) >= 11 is 1.62. The number of benzene rings is 1. The van der Waals surface area contributed by atoms with Crippen LogP contribution in [0.4, 0.5) is 5.13 Å². The Balaban J connectivity index is 0.000000980. The van der Waals surface area contributed by atoms with Gasteiger partial charge in [-0.25, -0.2) is 4.98 Å². The molecule has 3 heteroatoms. The van der Waals surface area contributed by atoms with Gasteiger partial charge in [0.25, 0.3) is 0 Å². The second-order valence-electron chi connectivity index (χ2n) is 2.65. The second-order valence-corrected chi connectivity index (χ2v) is 3.51. The van der Waals surface area contributed by atoms with Crippen molar-refractivity contribution in [1.82, 2.24) is 4.98 Å². The van der Waals surface area contributed by atoms with Crippen molar-refractivity contribution in [3.05, 3.63) is 35.7 Å². The first kappa shape index (κ1) is 10.7. The summed E-state index contributed by atoms with van der Waals surface area (Å²) in [5.74, 6) is 0. The van der Waals surface area contributed by atoms with Gasteiger partial charge in [0.05, 0.1) is 5.69 Å². The van der Waals surface area contributed by atoms with Gasteiger partial charge in [-0.3, -0.25) is 0 Å². The maximum Gasteiger partial charge on any atom is 0.182 e. The summed E-state index contributed by atoms with van der Waals surface area (Å²) in [6, 6.07) is 10.2. The molecule has 0 aliphatic carbocycles. The van der Waals surface area contributed by atoms with Crippen LogP contribution in [0, 0.1) is 0 Å². The van der Waals surface area contributed by atoms with Crippen LogP contribution in [-0.4, -0.2) is 12.0 Å². The third-order valence-electron chi connectivity index (χ3n) is 1.79. The number of anilines is 1. The van der Waals surface area contributed by atoms with Crippen molar-refractivity contribution in [2.24, 2.45) is 0 Å². The molecule has 0 fully saturated rings. The van der Waals surface area contributed by atoms with E-state index >= 15 is 0 Å². The zero-order chi connectivity index (χ0) is 9.10. The second kappa shape index (κ2) is 4.77. The molecular weight excluding hydrogens is 192 g/mol. The number of rotatable bonds is 2. The quantitative estimate of drug-likeness (QED) is 0.813. The van der Waals surface area contributed by atoms with Crippen LogP contribution in [0.5, 0.6) is 0 Å². The van der Waals surface area contributed by atoms with Crippen molar-refractivity contribution in [2.45, 2.75) is 7.43 Å². The summed E-state index contributed by atoms with van der Waals surface area (Å²) in [5, 5.41) is 6.04. The lowest BCUT2D eigenvalue weighted by molar-refractivity contribution is 1.36. The molecule has 0 spiro atoms. The number of hydrogen-bond donors (Lipinski definition) is 1. The van der Waals surface area contributed by atoms with Crippen molar-refractivity contribution in [2.75, 3.05) is 12.4 Å². The Morgan fingerprint density at radius 2 is 1.93 bits per heavy atom. The SMILES string of the molecule is C.CNc1nc(-c2ccccc2)cs1. The van der Waals surface area contributed by atoms with Gasteiger partial charge in [0.2, 0.25) is 0 Å². The van der Waals surface area contributed by atoms with Crippen LogP contribution in [-0.2, 0) is 0 Å². The van der Waals surface area contributed by atoms with Crippen LogP contribution >= 0.6 is 11.3 Å². The Hall–Kier alpha value is -1.35. The van der Waals surface area contributed by atoms with E-state index in [2.05, 4.69) is 27.8 Å². The van der Waals surface area contributed by atoms with Crippen molar-refractivity contribution in [1.29, 1.82) is 0 Å². The highest BCUT2D eigenvalue weighted by atomic mass is 32.1. The zero-order valence-electron chi connectivity index (χ0n) is 7.32. The molecule has 0 radical (unpaired) electrons. The molecule has 14 heavy (non-hydrogen) atoms. The smallest absolute Gasteiger partial charge is 0.182 e. The number of hydrogen-bond acceptors (Lipinski definition) is 3. The van der Waals surface area contributed by atoms with E-state index in [1.54, 1.807) is 11.3 Å². The standard InChI is InChI=1S/C10H10N2S.CH4/c1-11-10-12-9(7-13-10)8-5-3-2-4-6-8;/h2-7H,1H3,(H,11,12);1H4. The number of nitrogens with zero attached hydrogens (tertiary/aromatic N) is 1. The summed E-state index contributed by atoms with van der Waals surface area (Å²) in [5.41, 5.74) is 2.20. The lowest BCUT2D eigenvalue weighted by atomic mass is 10.2. The minimum absolute atomic E-state index is 0. The van der Waals surface area contributed by atoms with Gasteiger partial charge in [-0.15, -0.1) is 11.3 Å². The van der Waals surface area contributed by atoms with Crippen molar-refractivity contribution < 1.29 is 0 Å². The van der Waals surface area contributed by atoms with E-state index in [1.165, 1.54) is 5.56 Å². The van der Waals surface area contributed by atoms with E-state index in [1.807, 2.05) is 25.2 Å². The molecule has 1 N–H and O–H groups in total. The van der Waals surface area contributed by atoms with Gasteiger partial charge in [0, 0.05) is 18.0 Å². The summed E-state index contributed by atoms with van der Waals surface area (Å²) < 4.78 is 0. The van der Waals surface area contributed by atoms with Gasteiger partial charge < -0.3 is 5.32 Å². The highest BCUT2D eigenvalue weighted by Crippen LogP contribution is 2.23. The van der Waals surface area contributed by atoms with Gasteiger partial charge in [0.1, 0.15) is 0 Å². The van der Waals surface area contributed by atoms with E-state index < -0.39 is 0 Å². The molecule has 2 aromatic rings. The van der Waals surface area contributed by atoms with Crippen LogP contribution in [0.1, 0.15) is 7.43 Å². The van der Waals surface area contributed by atoms with Crippen LogP contribution in [0.25, 0.3) is 11.3 Å². The van der Waals surface area contributed by atoms with Gasteiger partial charge in [-0.2, -0.15) is 0 Å². The lowest BCUT2D eigenvalue weighted by Crippen LogP contribution is -1.85. The predicted octanol–water partition coefficient (Wildman–Crippen LogP) is 3.49. The fraction of sp³-hybridized carbons (Fsp3) is 0.182. The molecule has 1 aromatic heterocycles. The highest BCUT2D eigenvalue weighted by Gasteiger charge is 2.01. The third-order valence-corrected chi connectivity index (χ3v) is 2.65. The Morgan fingerprint density at radius 1 is 1.21 bits per heavy atom. The number of nitrogens with one attached hydrogen (secondary N) is 1. The monoisotopic (exact) mass is 206 g/mol. The summed E-state index contributed by atoms with van der Waals surface area (Å²) in [7, 11) is 1.88. The van der Waals surface area contributed by atoms with Crippen LogP contribution < -0.4 is 5.32 Å². The van der Waals surface area contributed by atoms with Gasteiger partial charge >= 0.3 is 0 Å². The molecule has 1 aromatic carbocycles. The molecule has 0 amide bonds. The molecule has 0 unspecified atom stereocenters. The topological polar surface area (TPSA) is 24.9 Å².